The molecule has 45 heavy (non-hydrogen) atoms. The first-order valence-electron chi connectivity index (χ1n) is 16.3. The quantitative estimate of drug-likeness (QED) is 0.0553. The number of nitrogens with one attached hydrogen (secondary N) is 3. The Kier molecular flexibility index (Phi) is 25.7. The summed E-state index contributed by atoms with van der Waals surface area (Å²) in [7, 11) is 0. The van der Waals surface area contributed by atoms with E-state index in [-0.39, 0.29) is 36.7 Å². The molecule has 14 heteroatoms. The maximum Gasteiger partial charge on any atom is 0.327 e. The van der Waals surface area contributed by atoms with Gasteiger partial charge >= 0.3 is 17.9 Å². The minimum absolute atomic E-state index is 0.0948. The van der Waals surface area contributed by atoms with E-state index in [1.165, 1.54) is 70.6 Å². The maximum absolute atomic E-state index is 12.4. The highest BCUT2D eigenvalue weighted by Gasteiger charge is 2.25. The van der Waals surface area contributed by atoms with Gasteiger partial charge < -0.3 is 37.0 Å². The number of carboxylic acid groups (broad SMARTS) is 3. The molecule has 0 aromatic rings. The SMILES string of the molecule is CCCCCCCCCCCCCCCCCC(=O)NC(CSC[C@H](NC(=O)CC[C@H](N)C(=O)O)C(=O)NCC(=O)O)C(=O)O. The fraction of sp³-hybridized carbons (Fsp3) is 0.806. The lowest BCUT2D eigenvalue weighted by Crippen LogP contribution is -2.50. The Labute approximate surface area is 271 Å². The zero-order valence-electron chi connectivity index (χ0n) is 26.9. The Morgan fingerprint density at radius 2 is 1.07 bits per heavy atom. The van der Waals surface area contributed by atoms with E-state index >= 15 is 0 Å². The molecular weight excluding hydrogens is 604 g/mol. The molecule has 0 heterocycles. The fourth-order valence-electron chi connectivity index (χ4n) is 4.55. The standard InChI is InChI=1S/C31H56N4O9S/c1-2-3-4-5-6-7-8-9-10-11-12-13-14-15-16-17-26(36)35-25(31(43)44)22-45-21-24(29(40)33-20-28(38)39)34-27(37)19-18-23(32)30(41)42/h23-25H,2-22,32H2,1H3,(H,33,40)(H,34,37)(H,35,36)(H,38,39)(H,41,42)(H,43,44)/t23-,24-,25?/m0/s1. The molecule has 0 radical (unpaired) electrons. The molecule has 13 nitrogen and oxygen atoms in total. The van der Waals surface area contributed by atoms with Gasteiger partial charge in [-0.1, -0.05) is 96.8 Å². The predicted octanol–water partition coefficient (Wildman–Crippen LogP) is 3.43. The Balaban J connectivity index is 4.35. The third-order valence-electron chi connectivity index (χ3n) is 7.27. The Bertz CT molecular complexity index is 891. The molecular formula is C31H56N4O9S. The van der Waals surface area contributed by atoms with Crippen molar-refractivity contribution in [1.82, 2.24) is 16.0 Å². The highest BCUT2D eigenvalue weighted by atomic mass is 32.2. The maximum atomic E-state index is 12.4. The van der Waals surface area contributed by atoms with E-state index in [0.29, 0.717) is 6.42 Å². The largest absolute Gasteiger partial charge is 0.480 e. The molecule has 0 spiro atoms. The molecule has 1 unspecified atom stereocenters. The number of aliphatic carboxylic acids is 3. The molecule has 0 bridgehead atoms. The van der Waals surface area contributed by atoms with Crippen LogP contribution in [-0.4, -0.2) is 87.1 Å². The second-order valence-corrected chi connectivity index (χ2v) is 12.5. The van der Waals surface area contributed by atoms with Gasteiger partial charge in [-0.15, -0.1) is 0 Å². The van der Waals surface area contributed by atoms with Gasteiger partial charge in [0.25, 0.3) is 0 Å². The van der Waals surface area contributed by atoms with Crippen LogP contribution in [0.25, 0.3) is 0 Å². The van der Waals surface area contributed by atoms with Gasteiger partial charge in [0.2, 0.25) is 17.7 Å². The van der Waals surface area contributed by atoms with Crippen LogP contribution in [0.2, 0.25) is 0 Å². The van der Waals surface area contributed by atoms with Crippen molar-refractivity contribution >= 4 is 47.4 Å². The number of thioether (sulfide) groups is 1. The summed E-state index contributed by atoms with van der Waals surface area (Å²) < 4.78 is 0. The van der Waals surface area contributed by atoms with Crippen molar-refractivity contribution in [3.05, 3.63) is 0 Å². The third kappa shape index (κ3) is 25.1. The molecule has 0 saturated heterocycles. The van der Waals surface area contributed by atoms with E-state index in [4.69, 9.17) is 15.9 Å². The number of rotatable bonds is 30. The number of nitrogens with two attached hydrogens (primary N) is 1. The molecule has 260 valence electrons. The summed E-state index contributed by atoms with van der Waals surface area (Å²) in [5.41, 5.74) is 5.39. The van der Waals surface area contributed by atoms with Crippen LogP contribution in [0.15, 0.2) is 0 Å². The van der Waals surface area contributed by atoms with Crippen LogP contribution in [0.4, 0.5) is 0 Å². The molecule has 8 N–H and O–H groups in total. The topological polar surface area (TPSA) is 225 Å². The minimum Gasteiger partial charge on any atom is -0.480 e. The molecule has 0 fully saturated rings. The number of carbonyl (C=O) groups is 6. The van der Waals surface area contributed by atoms with Crippen LogP contribution < -0.4 is 21.7 Å². The smallest absolute Gasteiger partial charge is 0.327 e. The lowest BCUT2D eigenvalue weighted by atomic mass is 10.0. The van der Waals surface area contributed by atoms with E-state index in [0.717, 1.165) is 31.0 Å². The summed E-state index contributed by atoms with van der Waals surface area (Å²) >= 11 is 0.986. The third-order valence-corrected chi connectivity index (χ3v) is 8.41. The molecule has 0 saturated carbocycles. The second-order valence-electron chi connectivity index (χ2n) is 11.4. The van der Waals surface area contributed by atoms with E-state index in [2.05, 4.69) is 22.9 Å². The van der Waals surface area contributed by atoms with Gasteiger partial charge in [0.1, 0.15) is 24.7 Å². The average Bonchev–Trinajstić information content (AvgIpc) is 2.99. The van der Waals surface area contributed by atoms with E-state index in [1.807, 2.05) is 0 Å². The predicted molar refractivity (Wildman–Crippen MR) is 174 cm³/mol. The van der Waals surface area contributed by atoms with E-state index in [9.17, 15) is 33.9 Å². The van der Waals surface area contributed by atoms with E-state index < -0.39 is 54.4 Å². The van der Waals surface area contributed by atoms with Crippen LogP contribution in [0, 0.1) is 0 Å². The first-order chi connectivity index (χ1) is 21.5. The number of amides is 3. The van der Waals surface area contributed by atoms with Gasteiger partial charge in [-0.3, -0.25) is 24.0 Å². The van der Waals surface area contributed by atoms with Gasteiger partial charge in [-0.2, -0.15) is 11.8 Å². The molecule has 0 aromatic heterocycles. The number of hydrogen-bond acceptors (Lipinski definition) is 8. The molecule has 3 atom stereocenters. The van der Waals surface area contributed by atoms with Gasteiger partial charge in [0, 0.05) is 24.3 Å². The van der Waals surface area contributed by atoms with Crippen molar-refractivity contribution in [3.63, 3.8) is 0 Å². The van der Waals surface area contributed by atoms with Gasteiger partial charge in [0.05, 0.1) is 0 Å². The summed E-state index contributed by atoms with van der Waals surface area (Å²) in [5, 5.41) is 34.3. The highest BCUT2D eigenvalue weighted by molar-refractivity contribution is 7.99. The van der Waals surface area contributed by atoms with Crippen LogP contribution >= 0.6 is 11.8 Å². The Morgan fingerprint density at radius 1 is 0.622 bits per heavy atom. The molecule has 0 aliphatic rings. The van der Waals surface area contributed by atoms with Crippen molar-refractivity contribution in [2.24, 2.45) is 5.73 Å². The summed E-state index contributed by atoms with van der Waals surface area (Å²) in [6.07, 6.45) is 17.8. The van der Waals surface area contributed by atoms with Crippen molar-refractivity contribution in [3.8, 4) is 0 Å². The number of carbonyl (C=O) groups excluding carboxylic acids is 3. The van der Waals surface area contributed by atoms with Crippen molar-refractivity contribution < 1.29 is 44.1 Å². The summed E-state index contributed by atoms with van der Waals surface area (Å²) in [5.74, 6) is -5.88. The number of hydrogen-bond donors (Lipinski definition) is 7. The summed E-state index contributed by atoms with van der Waals surface area (Å²) in [6, 6.07) is -3.70. The normalized spacial score (nSPS) is 12.9. The monoisotopic (exact) mass is 660 g/mol. The van der Waals surface area contributed by atoms with Crippen molar-refractivity contribution in [2.45, 2.75) is 141 Å². The molecule has 0 rings (SSSR count). The molecule has 0 aliphatic heterocycles. The first-order valence-corrected chi connectivity index (χ1v) is 17.5. The average molecular weight is 661 g/mol. The highest BCUT2D eigenvalue weighted by Crippen LogP contribution is 2.14. The van der Waals surface area contributed by atoms with Crippen molar-refractivity contribution in [1.29, 1.82) is 0 Å². The Morgan fingerprint density at radius 3 is 1.53 bits per heavy atom. The summed E-state index contributed by atoms with van der Waals surface area (Å²) in [6.45, 7) is 1.55. The lowest BCUT2D eigenvalue weighted by molar-refractivity contribution is -0.141. The minimum atomic E-state index is -1.30. The summed E-state index contributed by atoms with van der Waals surface area (Å²) in [4.78, 5) is 70.4. The van der Waals surface area contributed by atoms with Crippen LogP contribution in [0.1, 0.15) is 122 Å². The molecule has 0 aromatic carbocycles. The Hall–Kier alpha value is -2.87. The van der Waals surface area contributed by atoms with E-state index in [1.54, 1.807) is 0 Å². The molecule has 3 amide bonds. The number of unbranched alkanes of at least 4 members (excludes halogenated alkanes) is 14. The lowest BCUT2D eigenvalue weighted by Gasteiger charge is -2.20. The van der Waals surface area contributed by atoms with Crippen LogP contribution in [0.5, 0.6) is 0 Å². The van der Waals surface area contributed by atoms with Gasteiger partial charge in [-0.05, 0) is 12.8 Å². The fourth-order valence-corrected chi connectivity index (χ4v) is 5.62. The van der Waals surface area contributed by atoms with Crippen LogP contribution in [0.3, 0.4) is 0 Å². The van der Waals surface area contributed by atoms with Gasteiger partial charge in [-0.25, -0.2) is 4.79 Å². The van der Waals surface area contributed by atoms with Crippen LogP contribution in [-0.2, 0) is 28.8 Å². The second kappa shape index (κ2) is 27.4. The van der Waals surface area contributed by atoms with Crippen molar-refractivity contribution in [2.75, 3.05) is 18.1 Å². The first kappa shape index (κ1) is 42.1. The number of carboxylic acids is 3. The molecule has 0 aliphatic carbocycles. The zero-order valence-corrected chi connectivity index (χ0v) is 27.7. The van der Waals surface area contributed by atoms with Gasteiger partial charge in [0.15, 0.2) is 0 Å². The zero-order chi connectivity index (χ0) is 33.9.